The molecule has 8 heteroatoms. The number of hydrogen-bond acceptors (Lipinski definition) is 3. The molecule has 0 radical (unpaired) electrons. The standard InChI is InChI=1S/C11H10ClF3N4/c1-5-6(2)18-19(7(5)3)9-4-8(12)16-10(17-9)11(13,14)15/h4H,1-3H3. The van der Waals surface area contributed by atoms with Crippen LogP contribution in [0.15, 0.2) is 6.07 Å². The van der Waals surface area contributed by atoms with Crippen LogP contribution in [0.5, 0.6) is 0 Å². The van der Waals surface area contributed by atoms with Crippen LogP contribution in [-0.4, -0.2) is 19.7 Å². The number of alkyl halides is 3. The van der Waals surface area contributed by atoms with Gasteiger partial charge in [0.1, 0.15) is 5.15 Å². The van der Waals surface area contributed by atoms with E-state index < -0.39 is 12.0 Å². The van der Waals surface area contributed by atoms with E-state index in [2.05, 4.69) is 15.1 Å². The molecule has 0 saturated carbocycles. The third-order valence-corrected chi connectivity index (χ3v) is 3.00. The Morgan fingerprint density at radius 2 is 1.79 bits per heavy atom. The summed E-state index contributed by atoms with van der Waals surface area (Å²) in [5.74, 6) is -1.28. The second-order valence-electron chi connectivity index (χ2n) is 4.08. The highest BCUT2D eigenvalue weighted by molar-refractivity contribution is 6.29. The molecule has 19 heavy (non-hydrogen) atoms. The van der Waals surface area contributed by atoms with Crippen LogP contribution in [0, 0.1) is 20.8 Å². The zero-order valence-corrected chi connectivity index (χ0v) is 11.1. The van der Waals surface area contributed by atoms with Crippen molar-refractivity contribution in [2.45, 2.75) is 26.9 Å². The Morgan fingerprint density at radius 1 is 1.16 bits per heavy atom. The highest BCUT2D eigenvalue weighted by Gasteiger charge is 2.35. The first-order valence-corrected chi connectivity index (χ1v) is 5.73. The molecule has 0 aliphatic carbocycles. The number of halogens is 4. The first-order valence-electron chi connectivity index (χ1n) is 5.35. The van der Waals surface area contributed by atoms with Crippen molar-refractivity contribution in [3.63, 3.8) is 0 Å². The van der Waals surface area contributed by atoms with Gasteiger partial charge in [0.2, 0.25) is 5.82 Å². The summed E-state index contributed by atoms with van der Waals surface area (Å²) >= 11 is 5.61. The van der Waals surface area contributed by atoms with Gasteiger partial charge in [0.15, 0.2) is 5.82 Å². The molecule has 0 amide bonds. The van der Waals surface area contributed by atoms with Gasteiger partial charge in [0, 0.05) is 11.8 Å². The Kier molecular flexibility index (Phi) is 3.25. The SMILES string of the molecule is Cc1nn(-c2cc(Cl)nc(C(F)(F)F)n2)c(C)c1C. The molecule has 0 aromatic carbocycles. The van der Waals surface area contributed by atoms with Gasteiger partial charge in [-0.3, -0.25) is 0 Å². The molecule has 2 heterocycles. The van der Waals surface area contributed by atoms with Crippen LogP contribution in [0.1, 0.15) is 22.8 Å². The summed E-state index contributed by atoms with van der Waals surface area (Å²) in [5.41, 5.74) is 2.32. The molecule has 2 rings (SSSR count). The molecular weight excluding hydrogens is 281 g/mol. The lowest BCUT2D eigenvalue weighted by Gasteiger charge is -2.09. The number of nitrogens with zero attached hydrogens (tertiary/aromatic N) is 4. The molecule has 2 aromatic heterocycles. The van der Waals surface area contributed by atoms with E-state index in [0.29, 0.717) is 5.69 Å². The summed E-state index contributed by atoms with van der Waals surface area (Å²) in [6, 6.07) is 1.25. The van der Waals surface area contributed by atoms with Crippen molar-refractivity contribution in [1.82, 2.24) is 19.7 Å². The van der Waals surface area contributed by atoms with Gasteiger partial charge in [-0.1, -0.05) is 11.6 Å². The fourth-order valence-corrected chi connectivity index (χ4v) is 1.76. The lowest BCUT2D eigenvalue weighted by molar-refractivity contribution is -0.145. The summed E-state index contributed by atoms with van der Waals surface area (Å²) in [6.45, 7) is 5.35. The van der Waals surface area contributed by atoms with Crippen molar-refractivity contribution in [2.75, 3.05) is 0 Å². The second kappa shape index (κ2) is 4.48. The summed E-state index contributed by atoms with van der Waals surface area (Å²) in [6.07, 6.45) is -4.65. The topological polar surface area (TPSA) is 43.6 Å². The average molecular weight is 291 g/mol. The number of hydrogen-bond donors (Lipinski definition) is 0. The van der Waals surface area contributed by atoms with Gasteiger partial charge in [0.05, 0.1) is 5.69 Å². The maximum Gasteiger partial charge on any atom is 0.451 e. The smallest absolute Gasteiger partial charge is 0.219 e. The second-order valence-corrected chi connectivity index (χ2v) is 4.47. The number of rotatable bonds is 1. The maximum absolute atomic E-state index is 12.6. The lowest BCUT2D eigenvalue weighted by Crippen LogP contribution is -2.14. The minimum Gasteiger partial charge on any atom is -0.219 e. The van der Waals surface area contributed by atoms with E-state index in [-0.39, 0.29) is 11.0 Å². The predicted octanol–water partition coefficient (Wildman–Crippen LogP) is 3.26. The third-order valence-electron chi connectivity index (χ3n) is 2.81. The molecule has 0 aliphatic heterocycles. The molecule has 4 nitrogen and oxygen atoms in total. The lowest BCUT2D eigenvalue weighted by atomic mass is 10.2. The molecular formula is C11H10ClF3N4. The van der Waals surface area contributed by atoms with Crippen LogP contribution in [-0.2, 0) is 6.18 Å². The zero-order valence-electron chi connectivity index (χ0n) is 10.4. The molecule has 0 fully saturated rings. The van der Waals surface area contributed by atoms with E-state index in [4.69, 9.17) is 11.6 Å². The first-order chi connectivity index (χ1) is 8.70. The zero-order chi connectivity index (χ0) is 14.4. The van der Waals surface area contributed by atoms with Crippen LogP contribution in [0.25, 0.3) is 5.82 Å². The van der Waals surface area contributed by atoms with Crippen LogP contribution >= 0.6 is 11.6 Å². The van der Waals surface area contributed by atoms with Crippen LogP contribution in [0.4, 0.5) is 13.2 Å². The van der Waals surface area contributed by atoms with Crippen LogP contribution in [0.3, 0.4) is 0 Å². The summed E-state index contributed by atoms with van der Waals surface area (Å²) in [4.78, 5) is 6.65. The van der Waals surface area contributed by atoms with Gasteiger partial charge in [-0.15, -0.1) is 0 Å². The Balaban J connectivity index is 2.63. The molecule has 0 bridgehead atoms. The largest absolute Gasteiger partial charge is 0.451 e. The molecule has 0 aliphatic rings. The molecule has 0 spiro atoms. The molecule has 0 saturated heterocycles. The Bertz CT molecular complexity index is 634. The fraction of sp³-hybridized carbons (Fsp3) is 0.364. The maximum atomic E-state index is 12.6. The van der Waals surface area contributed by atoms with E-state index in [1.807, 2.05) is 6.92 Å². The monoisotopic (exact) mass is 290 g/mol. The van der Waals surface area contributed by atoms with Crippen LogP contribution < -0.4 is 0 Å². The third kappa shape index (κ3) is 2.56. The quantitative estimate of drug-likeness (QED) is 0.757. The van der Waals surface area contributed by atoms with E-state index >= 15 is 0 Å². The average Bonchev–Trinajstić information content (AvgIpc) is 2.55. The van der Waals surface area contributed by atoms with Gasteiger partial charge in [-0.25, -0.2) is 14.6 Å². The Morgan fingerprint density at radius 3 is 2.26 bits per heavy atom. The van der Waals surface area contributed by atoms with Crippen molar-refractivity contribution in [1.29, 1.82) is 0 Å². The van der Waals surface area contributed by atoms with Gasteiger partial charge in [0.25, 0.3) is 0 Å². The molecule has 0 atom stereocenters. The van der Waals surface area contributed by atoms with Gasteiger partial charge in [-0.2, -0.15) is 18.3 Å². The summed E-state index contributed by atoms with van der Waals surface area (Å²) < 4.78 is 39.2. The molecule has 102 valence electrons. The Hall–Kier alpha value is -1.63. The van der Waals surface area contributed by atoms with Crippen molar-refractivity contribution >= 4 is 11.6 Å². The molecule has 0 unspecified atom stereocenters. The van der Waals surface area contributed by atoms with Crippen molar-refractivity contribution in [3.8, 4) is 5.82 Å². The highest BCUT2D eigenvalue weighted by atomic mass is 35.5. The summed E-state index contributed by atoms with van der Waals surface area (Å²) in [5, 5.41) is 3.87. The van der Waals surface area contributed by atoms with Gasteiger partial charge >= 0.3 is 6.18 Å². The normalized spacial score (nSPS) is 11.9. The number of aryl methyl sites for hydroxylation is 1. The van der Waals surface area contributed by atoms with E-state index in [9.17, 15) is 13.2 Å². The van der Waals surface area contributed by atoms with E-state index in [0.717, 1.165) is 11.3 Å². The van der Waals surface area contributed by atoms with Crippen molar-refractivity contribution in [3.05, 3.63) is 34.0 Å². The molecule has 0 N–H and O–H groups in total. The molecule has 2 aromatic rings. The fourth-order valence-electron chi connectivity index (χ4n) is 1.58. The van der Waals surface area contributed by atoms with Gasteiger partial charge in [-0.05, 0) is 26.3 Å². The van der Waals surface area contributed by atoms with Crippen molar-refractivity contribution in [2.24, 2.45) is 0 Å². The number of aromatic nitrogens is 4. The minimum atomic E-state index is -4.65. The minimum absolute atomic E-state index is 0.000949. The Labute approximate surface area is 112 Å². The van der Waals surface area contributed by atoms with Crippen molar-refractivity contribution < 1.29 is 13.2 Å². The van der Waals surface area contributed by atoms with E-state index in [1.54, 1.807) is 13.8 Å². The first kappa shape index (κ1) is 13.8. The predicted molar refractivity (Wildman–Crippen MR) is 63.4 cm³/mol. The van der Waals surface area contributed by atoms with Gasteiger partial charge < -0.3 is 0 Å². The highest BCUT2D eigenvalue weighted by Crippen LogP contribution is 2.28. The summed E-state index contributed by atoms with van der Waals surface area (Å²) in [7, 11) is 0. The van der Waals surface area contributed by atoms with E-state index in [1.165, 1.54) is 10.7 Å². The van der Waals surface area contributed by atoms with Crippen LogP contribution in [0.2, 0.25) is 5.15 Å².